The Balaban J connectivity index is 2.37. The van der Waals surface area contributed by atoms with E-state index >= 15 is 0 Å². The van der Waals surface area contributed by atoms with Gasteiger partial charge in [0.1, 0.15) is 0 Å². The highest BCUT2D eigenvalue weighted by molar-refractivity contribution is 5.69. The fourth-order valence-corrected chi connectivity index (χ4v) is 1.70. The van der Waals surface area contributed by atoms with E-state index in [4.69, 9.17) is 5.11 Å². The highest BCUT2D eigenvalue weighted by atomic mass is 16.4. The van der Waals surface area contributed by atoms with Gasteiger partial charge in [-0.05, 0) is 25.1 Å². The molecule has 1 heterocycles. The van der Waals surface area contributed by atoms with Gasteiger partial charge >= 0.3 is 5.97 Å². The summed E-state index contributed by atoms with van der Waals surface area (Å²) in [6.45, 7) is 7.49. The largest absolute Gasteiger partial charge is 0.481 e. The maximum Gasteiger partial charge on any atom is 0.306 e. The topological polar surface area (TPSA) is 62.2 Å². The number of hydrogen-bond donors (Lipinski definition) is 2. The van der Waals surface area contributed by atoms with Gasteiger partial charge in [0.25, 0.3) is 0 Å². The second kappa shape index (κ2) is 6.50. The van der Waals surface area contributed by atoms with Gasteiger partial charge < -0.3 is 10.4 Å². The summed E-state index contributed by atoms with van der Waals surface area (Å²) in [5.41, 5.74) is 0.997. The molecule has 0 fully saturated rings. The summed E-state index contributed by atoms with van der Waals surface area (Å²) in [7, 11) is 0. The molecule has 18 heavy (non-hydrogen) atoms. The van der Waals surface area contributed by atoms with Gasteiger partial charge in [-0.15, -0.1) is 0 Å². The van der Waals surface area contributed by atoms with E-state index in [1.165, 1.54) is 0 Å². The van der Waals surface area contributed by atoms with Crippen molar-refractivity contribution in [3.8, 4) is 0 Å². The van der Waals surface area contributed by atoms with E-state index in [0.29, 0.717) is 13.0 Å². The van der Waals surface area contributed by atoms with Crippen molar-refractivity contribution in [2.24, 2.45) is 5.92 Å². The SMILES string of the molecule is CC(CCNCC(C)(C)c1ccccn1)C(=O)O. The van der Waals surface area contributed by atoms with Crippen molar-refractivity contribution >= 4 is 5.97 Å². The van der Waals surface area contributed by atoms with Crippen LogP contribution in [0, 0.1) is 5.92 Å². The molecule has 1 unspecified atom stereocenters. The Bertz CT molecular complexity index is 377. The Kier molecular flexibility index (Phi) is 5.28. The second-order valence-electron chi connectivity index (χ2n) is 5.30. The van der Waals surface area contributed by atoms with E-state index in [-0.39, 0.29) is 11.3 Å². The zero-order chi connectivity index (χ0) is 13.6. The van der Waals surface area contributed by atoms with Crippen molar-refractivity contribution in [1.82, 2.24) is 10.3 Å². The van der Waals surface area contributed by atoms with E-state index in [0.717, 1.165) is 12.2 Å². The number of hydrogen-bond acceptors (Lipinski definition) is 3. The van der Waals surface area contributed by atoms with Crippen LogP contribution in [-0.2, 0) is 10.2 Å². The molecule has 2 N–H and O–H groups in total. The number of rotatable bonds is 7. The predicted molar refractivity (Wildman–Crippen MR) is 71.5 cm³/mol. The molecule has 0 amide bonds. The predicted octanol–water partition coefficient (Wildman–Crippen LogP) is 2.06. The molecule has 0 saturated carbocycles. The molecule has 1 aromatic heterocycles. The number of carboxylic acid groups (broad SMARTS) is 1. The Morgan fingerprint density at radius 3 is 2.78 bits per heavy atom. The van der Waals surface area contributed by atoms with Crippen molar-refractivity contribution in [3.05, 3.63) is 30.1 Å². The van der Waals surface area contributed by atoms with Gasteiger partial charge in [-0.25, -0.2) is 0 Å². The third-order valence-corrected chi connectivity index (χ3v) is 3.10. The van der Waals surface area contributed by atoms with Gasteiger partial charge in [-0.3, -0.25) is 9.78 Å². The van der Waals surface area contributed by atoms with Crippen LogP contribution in [0.5, 0.6) is 0 Å². The lowest BCUT2D eigenvalue weighted by molar-refractivity contribution is -0.141. The zero-order valence-electron chi connectivity index (χ0n) is 11.3. The number of nitrogens with zero attached hydrogens (tertiary/aromatic N) is 1. The number of nitrogens with one attached hydrogen (secondary N) is 1. The molecule has 0 bridgehead atoms. The smallest absolute Gasteiger partial charge is 0.306 e. The first-order chi connectivity index (χ1) is 8.43. The fraction of sp³-hybridized carbons (Fsp3) is 0.571. The van der Waals surface area contributed by atoms with E-state index in [1.807, 2.05) is 18.2 Å². The normalized spacial score (nSPS) is 13.3. The molecule has 1 rings (SSSR count). The molecule has 0 aliphatic carbocycles. The summed E-state index contributed by atoms with van der Waals surface area (Å²) >= 11 is 0. The minimum Gasteiger partial charge on any atom is -0.481 e. The molecule has 0 aromatic carbocycles. The quantitative estimate of drug-likeness (QED) is 0.727. The third kappa shape index (κ3) is 4.45. The number of carboxylic acids is 1. The fourth-order valence-electron chi connectivity index (χ4n) is 1.70. The van der Waals surface area contributed by atoms with Crippen LogP contribution in [0.3, 0.4) is 0 Å². The lowest BCUT2D eigenvalue weighted by Gasteiger charge is -2.24. The molecule has 0 saturated heterocycles. The molecule has 0 aliphatic heterocycles. The molecule has 4 heteroatoms. The Hall–Kier alpha value is -1.42. The molecule has 0 radical (unpaired) electrons. The van der Waals surface area contributed by atoms with Crippen LogP contribution in [0.2, 0.25) is 0 Å². The van der Waals surface area contributed by atoms with Gasteiger partial charge in [0.2, 0.25) is 0 Å². The highest BCUT2D eigenvalue weighted by Crippen LogP contribution is 2.19. The minimum absolute atomic E-state index is 0.0479. The first-order valence-corrected chi connectivity index (χ1v) is 6.28. The van der Waals surface area contributed by atoms with Gasteiger partial charge in [-0.2, -0.15) is 0 Å². The molecule has 1 aromatic rings. The summed E-state index contributed by atoms with van der Waals surface area (Å²) in [4.78, 5) is 15.0. The molecule has 0 spiro atoms. The van der Waals surface area contributed by atoms with E-state index in [2.05, 4.69) is 24.1 Å². The molecule has 4 nitrogen and oxygen atoms in total. The van der Waals surface area contributed by atoms with Crippen LogP contribution in [0.1, 0.15) is 32.9 Å². The Labute approximate surface area is 108 Å². The van der Waals surface area contributed by atoms with E-state index < -0.39 is 5.97 Å². The highest BCUT2D eigenvalue weighted by Gasteiger charge is 2.21. The summed E-state index contributed by atoms with van der Waals surface area (Å²) in [5, 5.41) is 12.1. The van der Waals surface area contributed by atoms with Crippen molar-refractivity contribution in [3.63, 3.8) is 0 Å². The lowest BCUT2D eigenvalue weighted by atomic mass is 9.88. The summed E-state index contributed by atoms with van der Waals surface area (Å²) in [5.74, 6) is -1.03. The molecule has 1 atom stereocenters. The first-order valence-electron chi connectivity index (χ1n) is 6.28. The molecular formula is C14H22N2O2. The van der Waals surface area contributed by atoms with Crippen LogP contribution in [0.15, 0.2) is 24.4 Å². The molecular weight excluding hydrogens is 228 g/mol. The van der Waals surface area contributed by atoms with Gasteiger partial charge in [-0.1, -0.05) is 26.8 Å². The number of aromatic nitrogens is 1. The van der Waals surface area contributed by atoms with E-state index in [1.54, 1.807) is 13.1 Å². The van der Waals surface area contributed by atoms with Gasteiger partial charge in [0, 0.05) is 23.9 Å². The van der Waals surface area contributed by atoms with Gasteiger partial charge in [0.05, 0.1) is 5.92 Å². The standard InChI is InChI=1S/C14H22N2O2/c1-11(13(17)18)7-9-15-10-14(2,3)12-6-4-5-8-16-12/h4-6,8,11,15H,7,9-10H2,1-3H3,(H,17,18). The summed E-state index contributed by atoms with van der Waals surface area (Å²) in [6.07, 6.45) is 2.44. The van der Waals surface area contributed by atoms with Crippen molar-refractivity contribution in [2.45, 2.75) is 32.6 Å². The van der Waals surface area contributed by atoms with Crippen LogP contribution >= 0.6 is 0 Å². The lowest BCUT2D eigenvalue weighted by Crippen LogP contribution is -2.35. The van der Waals surface area contributed by atoms with E-state index in [9.17, 15) is 4.79 Å². The van der Waals surface area contributed by atoms with Crippen molar-refractivity contribution < 1.29 is 9.90 Å². The van der Waals surface area contributed by atoms with Crippen LogP contribution in [-0.4, -0.2) is 29.1 Å². The monoisotopic (exact) mass is 250 g/mol. The summed E-state index contributed by atoms with van der Waals surface area (Å²) in [6, 6.07) is 5.90. The number of pyridine rings is 1. The first kappa shape index (κ1) is 14.6. The van der Waals surface area contributed by atoms with Crippen LogP contribution in [0.25, 0.3) is 0 Å². The van der Waals surface area contributed by atoms with Crippen molar-refractivity contribution in [2.75, 3.05) is 13.1 Å². The number of aliphatic carboxylic acids is 1. The maximum atomic E-state index is 10.7. The maximum absolute atomic E-state index is 10.7. The second-order valence-corrected chi connectivity index (χ2v) is 5.30. The van der Waals surface area contributed by atoms with Crippen LogP contribution < -0.4 is 5.32 Å². The Morgan fingerprint density at radius 2 is 2.22 bits per heavy atom. The number of carbonyl (C=O) groups is 1. The van der Waals surface area contributed by atoms with Crippen LogP contribution in [0.4, 0.5) is 0 Å². The average Bonchev–Trinajstić information content (AvgIpc) is 2.35. The van der Waals surface area contributed by atoms with Crippen molar-refractivity contribution in [1.29, 1.82) is 0 Å². The molecule has 0 aliphatic rings. The molecule has 100 valence electrons. The third-order valence-electron chi connectivity index (χ3n) is 3.10. The van der Waals surface area contributed by atoms with Gasteiger partial charge in [0.15, 0.2) is 0 Å². The zero-order valence-corrected chi connectivity index (χ0v) is 11.3. The minimum atomic E-state index is -0.735. The Morgan fingerprint density at radius 1 is 1.50 bits per heavy atom. The average molecular weight is 250 g/mol. The summed E-state index contributed by atoms with van der Waals surface area (Å²) < 4.78 is 0.